The average Bonchev–Trinajstić information content (AvgIpc) is 3.06. The van der Waals surface area contributed by atoms with Crippen LogP contribution in [0.25, 0.3) is 0 Å². The van der Waals surface area contributed by atoms with Crippen LogP contribution in [-0.2, 0) is 28.5 Å². The predicted octanol–water partition coefficient (Wildman–Crippen LogP) is 13.4. The van der Waals surface area contributed by atoms with Gasteiger partial charge in [0, 0.05) is 19.4 Å². The van der Waals surface area contributed by atoms with Gasteiger partial charge in [0.25, 0.3) is 0 Å². The maximum absolute atomic E-state index is 12.8. The second-order valence-electron chi connectivity index (χ2n) is 16.6. The highest BCUT2D eigenvalue weighted by Gasteiger charge is 2.25. The first kappa shape index (κ1) is 48.9. The summed E-state index contributed by atoms with van der Waals surface area (Å²) < 4.78 is 23.5. The third-order valence-corrected chi connectivity index (χ3v) is 9.60. The van der Waals surface area contributed by atoms with Crippen LogP contribution >= 0.6 is 0 Å². The van der Waals surface area contributed by atoms with Gasteiger partial charge in [-0.3, -0.25) is 9.59 Å². The van der Waals surface area contributed by atoms with E-state index >= 15 is 0 Å². The molecular weight excluding hydrogens is 624 g/mol. The van der Waals surface area contributed by atoms with Crippen LogP contribution in [0.4, 0.5) is 0 Å². The number of rotatable bonds is 37. The number of ether oxygens (including phenoxy) is 4. The molecule has 0 aromatic rings. The summed E-state index contributed by atoms with van der Waals surface area (Å²) in [5.74, 6) is -0.452. The number of unbranched alkanes of at least 4 members (excludes halogenated alkanes) is 24. The third-order valence-electron chi connectivity index (χ3n) is 9.60. The molecule has 0 amide bonds. The number of carbonyl (C=O) groups is 2. The van der Waals surface area contributed by atoms with E-state index in [0.29, 0.717) is 25.9 Å². The summed E-state index contributed by atoms with van der Waals surface area (Å²) >= 11 is 0. The second-order valence-corrected chi connectivity index (χ2v) is 16.6. The Kier molecular flexibility index (Phi) is 32.9. The quantitative estimate of drug-likeness (QED) is 0.0472. The van der Waals surface area contributed by atoms with E-state index in [-0.39, 0.29) is 30.8 Å². The Bertz CT molecular complexity index is 758. The molecule has 6 heteroatoms. The van der Waals surface area contributed by atoms with Gasteiger partial charge in [0.2, 0.25) is 0 Å². The molecule has 0 aromatic carbocycles. The zero-order valence-corrected chi connectivity index (χ0v) is 34.7. The number of hydrogen-bond donors (Lipinski definition) is 0. The Labute approximate surface area is 311 Å². The van der Waals surface area contributed by atoms with Crippen molar-refractivity contribution in [3.8, 4) is 0 Å². The van der Waals surface area contributed by atoms with Crippen LogP contribution in [0.1, 0.15) is 235 Å². The van der Waals surface area contributed by atoms with Crippen molar-refractivity contribution in [1.82, 2.24) is 0 Å². The lowest BCUT2D eigenvalue weighted by Crippen LogP contribution is -2.36. The molecule has 6 nitrogen and oxygen atoms in total. The number of hydrogen-bond acceptors (Lipinski definition) is 6. The number of carbonyl (C=O) groups excluding carboxylic acids is 2. The maximum atomic E-state index is 12.8. The van der Waals surface area contributed by atoms with Gasteiger partial charge in [0.1, 0.15) is 6.61 Å². The van der Waals surface area contributed by atoms with E-state index in [1.807, 2.05) is 34.6 Å². The van der Waals surface area contributed by atoms with Crippen LogP contribution in [0.15, 0.2) is 0 Å². The van der Waals surface area contributed by atoms with Crippen molar-refractivity contribution in [2.45, 2.75) is 252 Å². The Morgan fingerprint density at radius 1 is 0.460 bits per heavy atom. The largest absolute Gasteiger partial charge is 0.462 e. The van der Waals surface area contributed by atoms with Crippen LogP contribution in [0.3, 0.4) is 0 Å². The lowest BCUT2D eigenvalue weighted by Gasteiger charge is -2.29. The summed E-state index contributed by atoms with van der Waals surface area (Å²) in [6.07, 6.45) is 33.9. The standard InChI is InChI=1S/C44H86O6/c1-8-10-12-14-16-18-20-22-24-26-28-30-32-34-41(45)47-38-40(39-49-44(6,7)36-37-48-43(3,4)5)50-42(46)35-33-31-29-27-25-23-21-19-17-15-13-11-9-2/h40H,8-39H2,1-7H3. The van der Waals surface area contributed by atoms with Gasteiger partial charge in [-0.15, -0.1) is 0 Å². The molecule has 0 N–H and O–H groups in total. The highest BCUT2D eigenvalue weighted by molar-refractivity contribution is 5.70. The van der Waals surface area contributed by atoms with Crippen molar-refractivity contribution in [3.05, 3.63) is 0 Å². The van der Waals surface area contributed by atoms with Gasteiger partial charge in [-0.1, -0.05) is 168 Å². The summed E-state index contributed by atoms with van der Waals surface area (Å²) in [7, 11) is 0. The fourth-order valence-corrected chi connectivity index (χ4v) is 6.19. The van der Waals surface area contributed by atoms with Crippen molar-refractivity contribution < 1.29 is 28.5 Å². The Balaban J connectivity index is 4.36. The van der Waals surface area contributed by atoms with Gasteiger partial charge in [0.05, 0.1) is 17.8 Å². The minimum absolute atomic E-state index is 0.0379. The fraction of sp³-hybridized carbons (Fsp3) is 0.955. The average molecular weight is 711 g/mol. The van der Waals surface area contributed by atoms with Gasteiger partial charge in [-0.2, -0.15) is 0 Å². The number of esters is 2. The van der Waals surface area contributed by atoms with Crippen molar-refractivity contribution in [1.29, 1.82) is 0 Å². The molecule has 0 aliphatic rings. The SMILES string of the molecule is CCCCCCCCCCCCCCCC(=O)OCC(COC(C)(C)CCOC(C)(C)C)OC(=O)CCCCCCCCCCCCCCC. The Morgan fingerprint density at radius 3 is 1.20 bits per heavy atom. The first-order valence-corrected chi connectivity index (χ1v) is 21.6. The molecule has 0 spiro atoms. The summed E-state index contributed by atoms with van der Waals surface area (Å²) in [5, 5.41) is 0. The lowest BCUT2D eigenvalue weighted by atomic mass is 10.0. The van der Waals surface area contributed by atoms with Crippen LogP contribution < -0.4 is 0 Å². The van der Waals surface area contributed by atoms with E-state index in [1.54, 1.807) is 0 Å². The van der Waals surface area contributed by atoms with Gasteiger partial charge >= 0.3 is 11.9 Å². The highest BCUT2D eigenvalue weighted by Crippen LogP contribution is 2.19. The zero-order chi connectivity index (χ0) is 37.2. The monoisotopic (exact) mass is 711 g/mol. The van der Waals surface area contributed by atoms with Crippen molar-refractivity contribution in [2.24, 2.45) is 0 Å². The molecule has 0 bridgehead atoms. The first-order chi connectivity index (χ1) is 24.0. The Hall–Kier alpha value is -1.14. The zero-order valence-electron chi connectivity index (χ0n) is 34.7. The van der Waals surface area contributed by atoms with Crippen LogP contribution in [-0.4, -0.2) is 49.1 Å². The molecule has 1 unspecified atom stereocenters. The van der Waals surface area contributed by atoms with Crippen LogP contribution in [0.5, 0.6) is 0 Å². The van der Waals surface area contributed by atoms with E-state index < -0.39 is 11.7 Å². The minimum atomic E-state index is -0.608. The molecule has 0 aromatic heterocycles. The minimum Gasteiger partial charge on any atom is -0.462 e. The molecule has 50 heavy (non-hydrogen) atoms. The molecule has 0 saturated carbocycles. The highest BCUT2D eigenvalue weighted by atomic mass is 16.6. The molecule has 0 aliphatic heterocycles. The topological polar surface area (TPSA) is 71.1 Å². The van der Waals surface area contributed by atoms with Gasteiger partial charge in [-0.05, 0) is 53.9 Å². The van der Waals surface area contributed by atoms with E-state index in [0.717, 1.165) is 32.1 Å². The van der Waals surface area contributed by atoms with E-state index in [4.69, 9.17) is 18.9 Å². The first-order valence-electron chi connectivity index (χ1n) is 21.6. The second kappa shape index (κ2) is 33.7. The van der Waals surface area contributed by atoms with E-state index in [2.05, 4.69) is 13.8 Å². The van der Waals surface area contributed by atoms with Crippen molar-refractivity contribution >= 4 is 11.9 Å². The van der Waals surface area contributed by atoms with Crippen molar-refractivity contribution in [3.63, 3.8) is 0 Å². The molecule has 0 saturated heterocycles. The molecule has 1 atom stereocenters. The Morgan fingerprint density at radius 2 is 0.820 bits per heavy atom. The van der Waals surface area contributed by atoms with Crippen molar-refractivity contribution in [2.75, 3.05) is 19.8 Å². The predicted molar refractivity (Wildman–Crippen MR) is 212 cm³/mol. The summed E-state index contributed by atoms with van der Waals surface area (Å²) in [4.78, 5) is 25.3. The molecule has 298 valence electrons. The van der Waals surface area contributed by atoms with Gasteiger partial charge in [-0.25, -0.2) is 0 Å². The molecule has 0 heterocycles. The smallest absolute Gasteiger partial charge is 0.306 e. The fourth-order valence-electron chi connectivity index (χ4n) is 6.19. The van der Waals surface area contributed by atoms with Crippen LogP contribution in [0, 0.1) is 0 Å². The normalized spacial score (nSPS) is 12.7. The van der Waals surface area contributed by atoms with Gasteiger partial charge < -0.3 is 18.9 Å². The molecular formula is C44H86O6. The third kappa shape index (κ3) is 36.6. The van der Waals surface area contributed by atoms with Gasteiger partial charge in [0.15, 0.2) is 6.10 Å². The molecule has 0 fully saturated rings. The summed E-state index contributed by atoms with van der Waals surface area (Å²) in [6.45, 7) is 15.5. The molecule has 0 radical (unpaired) electrons. The van der Waals surface area contributed by atoms with E-state index in [9.17, 15) is 9.59 Å². The summed E-state index contributed by atoms with van der Waals surface area (Å²) in [6, 6.07) is 0. The maximum Gasteiger partial charge on any atom is 0.306 e. The summed E-state index contributed by atoms with van der Waals surface area (Å²) in [5.41, 5.74) is -0.660. The molecule has 0 aliphatic carbocycles. The molecule has 0 rings (SSSR count). The van der Waals surface area contributed by atoms with E-state index in [1.165, 1.54) is 135 Å². The lowest BCUT2D eigenvalue weighted by molar-refractivity contribution is -0.168. The van der Waals surface area contributed by atoms with Crippen LogP contribution in [0.2, 0.25) is 0 Å².